The Morgan fingerprint density at radius 1 is 0.933 bits per heavy atom. The van der Waals surface area contributed by atoms with Crippen molar-refractivity contribution in [3.8, 4) is 0 Å². The number of carbonyl (C=O) groups excluding carboxylic acids is 2. The van der Waals surface area contributed by atoms with Crippen LogP contribution in [0.5, 0.6) is 0 Å². The van der Waals surface area contributed by atoms with Crippen molar-refractivity contribution >= 4 is 11.9 Å². The van der Waals surface area contributed by atoms with Gasteiger partial charge in [-0.05, 0) is 49.7 Å². The number of unbranched alkanes of at least 4 members (excludes halogenated alkanes) is 1. The molecule has 1 amide bonds. The van der Waals surface area contributed by atoms with Crippen LogP contribution in [0.4, 0.5) is 4.79 Å². The van der Waals surface area contributed by atoms with Crippen LogP contribution >= 0.6 is 0 Å². The highest BCUT2D eigenvalue weighted by Crippen LogP contribution is 2.40. The first-order valence-electron chi connectivity index (χ1n) is 11.3. The van der Waals surface area contributed by atoms with E-state index in [1.807, 2.05) is 47.4 Å². The summed E-state index contributed by atoms with van der Waals surface area (Å²) in [7, 11) is 0. The van der Waals surface area contributed by atoms with Crippen LogP contribution in [0, 0.1) is 5.92 Å². The van der Waals surface area contributed by atoms with E-state index < -0.39 is 0 Å². The van der Waals surface area contributed by atoms with Gasteiger partial charge in [0.1, 0.15) is 6.61 Å². The molecule has 30 heavy (non-hydrogen) atoms. The van der Waals surface area contributed by atoms with Crippen molar-refractivity contribution in [1.82, 2.24) is 4.90 Å². The summed E-state index contributed by atoms with van der Waals surface area (Å²) in [6.07, 6.45) is 6.60. The molecule has 0 aliphatic carbocycles. The zero-order valence-electron chi connectivity index (χ0n) is 17.8. The van der Waals surface area contributed by atoms with E-state index in [2.05, 4.69) is 19.1 Å². The molecular weight excluding hydrogens is 374 g/mol. The lowest BCUT2D eigenvalue weighted by Gasteiger charge is -2.37. The maximum Gasteiger partial charge on any atom is 0.410 e. The molecule has 2 aromatic rings. The lowest BCUT2D eigenvalue weighted by Crippen LogP contribution is -2.48. The maximum absolute atomic E-state index is 13.1. The van der Waals surface area contributed by atoms with Gasteiger partial charge in [-0.25, -0.2) is 4.79 Å². The number of aryl methyl sites for hydroxylation is 1. The number of nitrogens with zero attached hydrogens (tertiary/aromatic N) is 1. The highest BCUT2D eigenvalue weighted by molar-refractivity contribution is 5.98. The Bertz CT molecular complexity index is 848. The van der Waals surface area contributed by atoms with Gasteiger partial charge in [-0.1, -0.05) is 67.9 Å². The Balaban J connectivity index is 1.35. The molecule has 2 saturated heterocycles. The van der Waals surface area contributed by atoms with Crippen molar-refractivity contribution in [3.05, 3.63) is 71.3 Å². The smallest absolute Gasteiger partial charge is 0.410 e. The second-order valence-corrected chi connectivity index (χ2v) is 8.67. The Kier molecular flexibility index (Phi) is 6.51. The molecule has 0 spiro atoms. The van der Waals surface area contributed by atoms with Gasteiger partial charge in [0, 0.05) is 23.6 Å². The normalized spacial score (nSPS) is 22.7. The number of Topliss-reactive ketones (excluding diaryl/α,β-unsaturated/α-hetero) is 1. The molecule has 4 rings (SSSR count). The molecule has 2 aliphatic rings. The van der Waals surface area contributed by atoms with Crippen LogP contribution in [0.3, 0.4) is 0 Å². The van der Waals surface area contributed by atoms with Gasteiger partial charge in [-0.3, -0.25) is 4.79 Å². The van der Waals surface area contributed by atoms with Crippen molar-refractivity contribution in [3.63, 3.8) is 0 Å². The zero-order valence-corrected chi connectivity index (χ0v) is 17.8. The van der Waals surface area contributed by atoms with Gasteiger partial charge >= 0.3 is 6.09 Å². The third-order valence-corrected chi connectivity index (χ3v) is 6.58. The molecule has 0 saturated carbocycles. The van der Waals surface area contributed by atoms with Crippen LogP contribution in [-0.4, -0.2) is 28.9 Å². The van der Waals surface area contributed by atoms with E-state index in [4.69, 9.17) is 4.74 Å². The van der Waals surface area contributed by atoms with Crippen molar-refractivity contribution in [2.24, 2.45) is 5.92 Å². The predicted octanol–water partition coefficient (Wildman–Crippen LogP) is 5.79. The highest BCUT2D eigenvalue weighted by atomic mass is 16.6. The Morgan fingerprint density at radius 2 is 1.60 bits per heavy atom. The SMILES string of the molecule is CCCCc1ccc(C(=O)C2CC3CCC(C2)N3C(=O)OCc2ccccc2)cc1. The topological polar surface area (TPSA) is 46.6 Å². The van der Waals surface area contributed by atoms with Gasteiger partial charge in [0.2, 0.25) is 0 Å². The van der Waals surface area contributed by atoms with Gasteiger partial charge < -0.3 is 9.64 Å². The Morgan fingerprint density at radius 3 is 2.23 bits per heavy atom. The fraction of sp³-hybridized carbons (Fsp3) is 0.462. The number of piperidine rings is 1. The van der Waals surface area contributed by atoms with Crippen LogP contribution in [0.1, 0.15) is 66.9 Å². The van der Waals surface area contributed by atoms with Crippen molar-refractivity contribution in [2.45, 2.75) is 70.6 Å². The molecule has 2 heterocycles. The lowest BCUT2D eigenvalue weighted by atomic mass is 9.84. The van der Waals surface area contributed by atoms with Crippen molar-refractivity contribution in [2.75, 3.05) is 0 Å². The molecule has 2 unspecified atom stereocenters. The quantitative estimate of drug-likeness (QED) is 0.548. The molecule has 0 N–H and O–H groups in total. The van der Waals surface area contributed by atoms with Gasteiger partial charge in [0.05, 0.1) is 0 Å². The number of ether oxygens (including phenoxy) is 1. The summed E-state index contributed by atoms with van der Waals surface area (Å²) in [5.74, 6) is 0.230. The standard InChI is InChI=1S/C26H31NO3/c1-2-3-7-19-10-12-21(13-11-19)25(28)22-16-23-14-15-24(17-22)27(23)26(29)30-18-20-8-5-4-6-9-20/h4-6,8-13,22-24H,2-3,7,14-18H2,1H3. The molecule has 158 valence electrons. The number of fused-ring (bicyclic) bond motifs is 2. The van der Waals surface area contributed by atoms with Crippen LogP contribution in [-0.2, 0) is 17.8 Å². The zero-order chi connectivity index (χ0) is 20.9. The Labute approximate surface area is 179 Å². The number of hydrogen-bond donors (Lipinski definition) is 0. The number of ketones is 1. The molecule has 2 bridgehead atoms. The third-order valence-electron chi connectivity index (χ3n) is 6.58. The molecular formula is C26H31NO3. The fourth-order valence-electron chi connectivity index (χ4n) is 4.94. The van der Waals surface area contributed by atoms with Gasteiger partial charge in [0.15, 0.2) is 5.78 Å². The van der Waals surface area contributed by atoms with E-state index in [1.165, 1.54) is 18.4 Å². The number of benzene rings is 2. The third kappa shape index (κ3) is 4.58. The largest absolute Gasteiger partial charge is 0.445 e. The van der Waals surface area contributed by atoms with Gasteiger partial charge in [0.25, 0.3) is 0 Å². The molecule has 0 aromatic heterocycles. The predicted molar refractivity (Wildman–Crippen MR) is 117 cm³/mol. The lowest BCUT2D eigenvalue weighted by molar-refractivity contribution is 0.0485. The summed E-state index contributed by atoms with van der Waals surface area (Å²) < 4.78 is 5.58. The summed E-state index contributed by atoms with van der Waals surface area (Å²) >= 11 is 0. The summed E-state index contributed by atoms with van der Waals surface area (Å²) in [6.45, 7) is 2.48. The average Bonchev–Trinajstić information content (AvgIpc) is 3.06. The van der Waals surface area contributed by atoms with Gasteiger partial charge in [-0.15, -0.1) is 0 Å². The van der Waals surface area contributed by atoms with E-state index in [9.17, 15) is 9.59 Å². The van der Waals surface area contributed by atoms with Crippen LogP contribution in [0.15, 0.2) is 54.6 Å². The molecule has 2 aromatic carbocycles. The van der Waals surface area contributed by atoms with Crippen molar-refractivity contribution in [1.29, 1.82) is 0 Å². The summed E-state index contributed by atoms with van der Waals surface area (Å²) in [5, 5.41) is 0. The molecule has 2 fully saturated rings. The average molecular weight is 406 g/mol. The first kappa shape index (κ1) is 20.6. The number of amides is 1. The number of rotatable bonds is 7. The minimum atomic E-state index is -0.238. The van der Waals surface area contributed by atoms with E-state index in [-0.39, 0.29) is 29.9 Å². The van der Waals surface area contributed by atoms with Crippen LogP contribution in [0.2, 0.25) is 0 Å². The summed E-state index contributed by atoms with van der Waals surface area (Å²) in [4.78, 5) is 27.7. The van der Waals surface area contributed by atoms with E-state index in [1.54, 1.807) is 0 Å². The van der Waals surface area contributed by atoms with E-state index in [0.29, 0.717) is 6.61 Å². The second kappa shape index (κ2) is 9.46. The molecule has 2 atom stereocenters. The number of carbonyl (C=O) groups is 2. The molecule has 4 heteroatoms. The number of hydrogen-bond acceptors (Lipinski definition) is 3. The van der Waals surface area contributed by atoms with Crippen LogP contribution in [0.25, 0.3) is 0 Å². The summed E-state index contributed by atoms with van der Waals surface area (Å²) in [5.41, 5.74) is 3.09. The van der Waals surface area contributed by atoms with Crippen LogP contribution < -0.4 is 0 Å². The summed E-state index contributed by atoms with van der Waals surface area (Å²) in [6, 6.07) is 18.1. The monoisotopic (exact) mass is 405 g/mol. The highest BCUT2D eigenvalue weighted by Gasteiger charge is 2.45. The fourth-order valence-corrected chi connectivity index (χ4v) is 4.94. The van der Waals surface area contributed by atoms with Crippen molar-refractivity contribution < 1.29 is 14.3 Å². The maximum atomic E-state index is 13.1. The second-order valence-electron chi connectivity index (χ2n) is 8.67. The minimum Gasteiger partial charge on any atom is -0.445 e. The first-order chi connectivity index (χ1) is 14.7. The molecule has 4 nitrogen and oxygen atoms in total. The Hall–Kier alpha value is -2.62. The minimum absolute atomic E-state index is 0.00200. The molecule has 0 radical (unpaired) electrons. The van der Waals surface area contributed by atoms with E-state index in [0.717, 1.165) is 43.2 Å². The molecule has 2 aliphatic heterocycles. The van der Waals surface area contributed by atoms with Gasteiger partial charge in [-0.2, -0.15) is 0 Å². The first-order valence-corrected chi connectivity index (χ1v) is 11.3. The van der Waals surface area contributed by atoms with E-state index >= 15 is 0 Å².